The van der Waals surface area contributed by atoms with Crippen LogP contribution in [-0.2, 0) is 20.6 Å². The minimum Gasteiger partial charge on any atom is -0.411 e. The normalized spacial score (nSPS) is 16.4. The van der Waals surface area contributed by atoms with Gasteiger partial charge in [0.05, 0.1) is 12.7 Å². The van der Waals surface area contributed by atoms with E-state index in [1.807, 2.05) is 24.3 Å². The highest BCUT2D eigenvalue weighted by molar-refractivity contribution is 6.74. The molecular formula is C27H38O3Si. The maximum Gasteiger partial charge on any atom is 0.192 e. The monoisotopic (exact) mass is 438 g/mol. The molecule has 1 aliphatic carbocycles. The van der Waals surface area contributed by atoms with Gasteiger partial charge in [-0.25, -0.2) is 0 Å². The summed E-state index contributed by atoms with van der Waals surface area (Å²) in [6.45, 7) is 15.8. The van der Waals surface area contributed by atoms with Crippen molar-refractivity contribution in [3.05, 3.63) is 59.7 Å². The maximum atomic E-state index is 11.3. The molecule has 1 aromatic carbocycles. The Balaban J connectivity index is 2.08. The summed E-state index contributed by atoms with van der Waals surface area (Å²) in [4.78, 5) is 11.3. The van der Waals surface area contributed by atoms with Crippen molar-refractivity contribution < 1.29 is 14.0 Å². The topological polar surface area (TPSA) is 35.5 Å². The predicted octanol–water partition coefficient (Wildman–Crippen LogP) is 6.61. The van der Waals surface area contributed by atoms with Crippen LogP contribution in [0.25, 0.3) is 0 Å². The van der Waals surface area contributed by atoms with Crippen LogP contribution in [0.3, 0.4) is 0 Å². The minimum absolute atomic E-state index is 0.0123. The lowest BCUT2D eigenvalue weighted by Gasteiger charge is -2.38. The zero-order valence-electron chi connectivity index (χ0n) is 19.9. The molecule has 168 valence electrons. The first-order chi connectivity index (χ1) is 14.7. The van der Waals surface area contributed by atoms with Crippen molar-refractivity contribution >= 4 is 14.6 Å². The van der Waals surface area contributed by atoms with E-state index in [4.69, 9.17) is 9.16 Å². The molecule has 2 rings (SSSR count). The number of carbonyl (C=O) groups is 1. The van der Waals surface area contributed by atoms with Gasteiger partial charge in [0.15, 0.2) is 8.32 Å². The van der Waals surface area contributed by atoms with Crippen LogP contribution in [0.2, 0.25) is 18.1 Å². The van der Waals surface area contributed by atoms with Gasteiger partial charge >= 0.3 is 0 Å². The molecule has 2 atom stereocenters. The molecule has 0 fully saturated rings. The van der Waals surface area contributed by atoms with Gasteiger partial charge in [0, 0.05) is 11.1 Å². The van der Waals surface area contributed by atoms with E-state index >= 15 is 0 Å². The number of allylic oxidation sites excluding steroid dienone is 2. The Hall–Kier alpha value is -1.93. The van der Waals surface area contributed by atoms with Crippen LogP contribution >= 0.6 is 0 Å². The van der Waals surface area contributed by atoms with Crippen molar-refractivity contribution in [1.82, 2.24) is 0 Å². The second-order valence-corrected chi connectivity index (χ2v) is 14.5. The predicted molar refractivity (Wildman–Crippen MR) is 131 cm³/mol. The Bertz CT molecular complexity index is 822. The summed E-state index contributed by atoms with van der Waals surface area (Å²) < 4.78 is 12.7. The van der Waals surface area contributed by atoms with Crippen molar-refractivity contribution in [2.24, 2.45) is 0 Å². The van der Waals surface area contributed by atoms with Crippen LogP contribution in [-0.4, -0.2) is 26.8 Å². The van der Waals surface area contributed by atoms with Crippen LogP contribution in [0, 0.1) is 11.8 Å². The fraction of sp³-hybridized carbons (Fsp3) is 0.519. The average molecular weight is 439 g/mol. The molecule has 0 saturated heterocycles. The van der Waals surface area contributed by atoms with E-state index < -0.39 is 8.32 Å². The highest BCUT2D eigenvalue weighted by atomic mass is 28.4. The lowest BCUT2D eigenvalue weighted by molar-refractivity contribution is -0.105. The van der Waals surface area contributed by atoms with Crippen LogP contribution in [0.5, 0.6) is 0 Å². The number of rotatable bonds is 10. The third-order valence-electron chi connectivity index (χ3n) is 6.31. The zero-order chi connectivity index (χ0) is 22.9. The van der Waals surface area contributed by atoms with Gasteiger partial charge in [-0.1, -0.05) is 69.0 Å². The van der Waals surface area contributed by atoms with E-state index in [1.54, 1.807) is 0 Å². The number of hydrogen-bond acceptors (Lipinski definition) is 3. The number of carbonyl (C=O) groups excluding carboxylic acids is 1. The SMILES string of the molecule is C=CC(CCC(C#CC1=C(C=O)CCC1)OCc1ccccc1)O[Si](C)(C)C(C)(C)C. The maximum absolute atomic E-state index is 11.3. The van der Waals surface area contributed by atoms with E-state index in [-0.39, 0.29) is 17.2 Å². The van der Waals surface area contributed by atoms with E-state index in [1.165, 1.54) is 0 Å². The molecule has 1 aromatic rings. The van der Waals surface area contributed by atoms with Crippen LogP contribution in [0.4, 0.5) is 0 Å². The second-order valence-electron chi connectivity index (χ2n) is 9.76. The summed E-state index contributed by atoms with van der Waals surface area (Å²) in [7, 11) is -1.88. The Morgan fingerprint density at radius 2 is 1.87 bits per heavy atom. The molecule has 4 heteroatoms. The summed E-state index contributed by atoms with van der Waals surface area (Å²) in [5, 5.41) is 0.150. The van der Waals surface area contributed by atoms with Gasteiger partial charge in [0.25, 0.3) is 0 Å². The lowest BCUT2D eigenvalue weighted by Crippen LogP contribution is -2.43. The molecular weight excluding hydrogens is 400 g/mol. The van der Waals surface area contributed by atoms with Gasteiger partial charge in [-0.2, -0.15) is 0 Å². The van der Waals surface area contributed by atoms with Gasteiger partial charge in [-0.15, -0.1) is 6.58 Å². The largest absolute Gasteiger partial charge is 0.411 e. The number of aldehydes is 1. The van der Waals surface area contributed by atoms with Gasteiger partial charge in [-0.3, -0.25) is 4.79 Å². The molecule has 31 heavy (non-hydrogen) atoms. The number of ether oxygens (including phenoxy) is 1. The molecule has 0 heterocycles. The highest BCUT2D eigenvalue weighted by Crippen LogP contribution is 2.38. The summed E-state index contributed by atoms with van der Waals surface area (Å²) in [5.74, 6) is 6.55. The quantitative estimate of drug-likeness (QED) is 0.178. The molecule has 0 spiro atoms. The standard InChI is InChI=1S/C27H38O3Si/c1-7-25(30-31(5,6)27(2,3)4)18-19-26(29-21-22-12-9-8-10-13-22)17-16-23-14-11-15-24(23)20-28/h7-10,12-13,20,25-26H,1,11,14-15,18-19,21H2,2-6H3. The van der Waals surface area contributed by atoms with Gasteiger partial charge in [0.1, 0.15) is 12.4 Å². The Kier molecular flexibility index (Phi) is 9.49. The Labute approximate surface area is 190 Å². The molecule has 3 nitrogen and oxygen atoms in total. The van der Waals surface area contributed by atoms with Gasteiger partial charge in [-0.05, 0) is 55.8 Å². The Morgan fingerprint density at radius 1 is 1.16 bits per heavy atom. The smallest absolute Gasteiger partial charge is 0.192 e. The average Bonchev–Trinajstić information content (AvgIpc) is 3.19. The molecule has 1 aliphatic rings. The molecule has 0 amide bonds. The van der Waals surface area contributed by atoms with Crippen LogP contribution < -0.4 is 0 Å². The molecule has 0 saturated carbocycles. The number of benzene rings is 1. The summed E-state index contributed by atoms with van der Waals surface area (Å²) in [5.41, 5.74) is 2.95. The highest BCUT2D eigenvalue weighted by Gasteiger charge is 2.38. The first kappa shape index (κ1) is 25.3. The van der Waals surface area contributed by atoms with Crippen LogP contribution in [0.15, 0.2) is 54.1 Å². The first-order valence-electron chi connectivity index (χ1n) is 11.3. The van der Waals surface area contributed by atoms with Crippen molar-refractivity contribution in [3.63, 3.8) is 0 Å². The fourth-order valence-electron chi connectivity index (χ4n) is 3.27. The van der Waals surface area contributed by atoms with E-state index in [2.05, 4.69) is 64.4 Å². The lowest BCUT2D eigenvalue weighted by atomic mass is 10.1. The molecule has 2 unspecified atom stereocenters. The van der Waals surface area contributed by atoms with Crippen molar-refractivity contribution in [1.29, 1.82) is 0 Å². The molecule has 0 bridgehead atoms. The molecule has 0 radical (unpaired) electrons. The fourth-order valence-corrected chi connectivity index (χ4v) is 4.60. The van der Waals surface area contributed by atoms with E-state index in [0.29, 0.717) is 6.61 Å². The third-order valence-corrected chi connectivity index (χ3v) is 10.8. The van der Waals surface area contributed by atoms with Crippen molar-refractivity contribution in [2.75, 3.05) is 0 Å². The minimum atomic E-state index is -1.88. The van der Waals surface area contributed by atoms with E-state index in [0.717, 1.165) is 55.1 Å². The molecule has 0 aliphatic heterocycles. The third kappa shape index (κ3) is 7.92. The zero-order valence-corrected chi connectivity index (χ0v) is 20.9. The van der Waals surface area contributed by atoms with Gasteiger partial charge < -0.3 is 9.16 Å². The van der Waals surface area contributed by atoms with Crippen molar-refractivity contribution in [3.8, 4) is 11.8 Å². The summed E-state index contributed by atoms with van der Waals surface area (Å²) >= 11 is 0. The molecule has 0 N–H and O–H groups in total. The molecule has 0 aromatic heterocycles. The number of hydrogen-bond donors (Lipinski definition) is 0. The summed E-state index contributed by atoms with van der Waals surface area (Å²) in [6.07, 6.45) is 6.93. The first-order valence-corrected chi connectivity index (χ1v) is 14.2. The van der Waals surface area contributed by atoms with Crippen LogP contribution in [0.1, 0.15) is 58.4 Å². The second kappa shape index (κ2) is 11.6. The van der Waals surface area contributed by atoms with Gasteiger partial charge in [0.2, 0.25) is 0 Å². The Morgan fingerprint density at radius 3 is 2.48 bits per heavy atom. The van der Waals surface area contributed by atoms with E-state index in [9.17, 15) is 4.79 Å². The van der Waals surface area contributed by atoms with Crippen molar-refractivity contribution in [2.45, 2.75) is 89.8 Å². The summed E-state index contributed by atoms with van der Waals surface area (Å²) in [6, 6.07) is 10.1.